The molecule has 5 nitrogen and oxygen atoms in total. The summed E-state index contributed by atoms with van der Waals surface area (Å²) in [6.07, 6.45) is 2.73. The molecule has 0 radical (unpaired) electrons. The number of rotatable bonds is 6. The van der Waals surface area contributed by atoms with Crippen LogP contribution in [-0.4, -0.2) is 29.6 Å². The molecule has 0 aliphatic heterocycles. The van der Waals surface area contributed by atoms with E-state index in [1.165, 1.54) is 18.3 Å². The van der Waals surface area contributed by atoms with Crippen molar-refractivity contribution in [3.63, 3.8) is 0 Å². The van der Waals surface area contributed by atoms with Gasteiger partial charge in [-0.3, -0.25) is 9.59 Å². The van der Waals surface area contributed by atoms with Crippen molar-refractivity contribution in [3.8, 4) is 0 Å². The molecule has 0 spiro atoms. The lowest BCUT2D eigenvalue weighted by molar-refractivity contribution is -0.123. The summed E-state index contributed by atoms with van der Waals surface area (Å²) in [5, 5.41) is 17.4. The summed E-state index contributed by atoms with van der Waals surface area (Å²) in [5.74, 6) is -0.0800. The molecule has 21 heavy (non-hydrogen) atoms. The van der Waals surface area contributed by atoms with Crippen molar-refractivity contribution in [2.24, 2.45) is 5.92 Å². The van der Waals surface area contributed by atoms with E-state index in [1.54, 1.807) is 0 Å². The van der Waals surface area contributed by atoms with Crippen LogP contribution in [0.3, 0.4) is 0 Å². The van der Waals surface area contributed by atoms with Gasteiger partial charge >= 0.3 is 0 Å². The van der Waals surface area contributed by atoms with Gasteiger partial charge in [0.1, 0.15) is 0 Å². The summed E-state index contributed by atoms with van der Waals surface area (Å²) in [6, 6.07) is 3.54. The average Bonchev–Trinajstić information content (AvgIpc) is 3.06. The Bertz CT molecular complexity index is 475. The zero-order chi connectivity index (χ0) is 15.2. The minimum absolute atomic E-state index is 0.0961. The summed E-state index contributed by atoms with van der Waals surface area (Å²) < 4.78 is 0. The molecule has 3 unspecified atom stereocenters. The normalized spacial score (nSPS) is 22.8. The van der Waals surface area contributed by atoms with E-state index in [1.807, 2.05) is 17.5 Å². The number of thiophene rings is 1. The van der Waals surface area contributed by atoms with E-state index < -0.39 is 0 Å². The second-order valence-electron chi connectivity index (χ2n) is 5.54. The highest BCUT2D eigenvalue weighted by Gasteiger charge is 2.26. The predicted octanol–water partition coefficient (Wildman–Crippen LogP) is 1.59. The Morgan fingerprint density at radius 2 is 2.29 bits per heavy atom. The van der Waals surface area contributed by atoms with Crippen LogP contribution in [0, 0.1) is 5.92 Å². The van der Waals surface area contributed by atoms with Gasteiger partial charge in [0, 0.05) is 24.3 Å². The van der Waals surface area contributed by atoms with Gasteiger partial charge in [0.2, 0.25) is 11.8 Å². The number of nitrogens with one attached hydrogen (secondary N) is 2. The third-order valence-electron chi connectivity index (χ3n) is 3.83. The first-order valence-corrected chi connectivity index (χ1v) is 8.19. The lowest BCUT2D eigenvalue weighted by atomic mass is 10.1. The number of aliphatic hydroxyl groups is 1. The molecular weight excluding hydrogens is 288 g/mol. The van der Waals surface area contributed by atoms with Crippen LogP contribution in [0.4, 0.5) is 0 Å². The molecule has 116 valence electrons. The van der Waals surface area contributed by atoms with E-state index in [4.69, 9.17) is 0 Å². The Hall–Kier alpha value is -1.40. The van der Waals surface area contributed by atoms with E-state index in [0.29, 0.717) is 6.54 Å². The van der Waals surface area contributed by atoms with Gasteiger partial charge in [-0.05, 0) is 24.3 Å². The smallest absolute Gasteiger partial charge is 0.222 e. The minimum Gasteiger partial charge on any atom is -0.393 e. The lowest BCUT2D eigenvalue weighted by Crippen LogP contribution is -2.36. The van der Waals surface area contributed by atoms with Crippen LogP contribution in [0.5, 0.6) is 0 Å². The molecular formula is C15H22N2O3S. The average molecular weight is 310 g/mol. The molecule has 1 aromatic heterocycles. The van der Waals surface area contributed by atoms with Gasteiger partial charge in [-0.2, -0.15) is 0 Å². The van der Waals surface area contributed by atoms with E-state index in [2.05, 4.69) is 10.6 Å². The SMILES string of the molecule is CC(=O)NC(CC(=O)NCC1CCCC1O)c1cccs1. The fourth-order valence-electron chi connectivity index (χ4n) is 2.72. The van der Waals surface area contributed by atoms with Crippen LogP contribution >= 0.6 is 11.3 Å². The molecule has 1 heterocycles. The molecule has 1 aliphatic rings. The molecule has 2 rings (SSSR count). The van der Waals surface area contributed by atoms with Crippen molar-refractivity contribution in [3.05, 3.63) is 22.4 Å². The topological polar surface area (TPSA) is 78.4 Å². The van der Waals surface area contributed by atoms with Crippen molar-refractivity contribution in [1.82, 2.24) is 10.6 Å². The van der Waals surface area contributed by atoms with Crippen LogP contribution in [0.1, 0.15) is 43.5 Å². The van der Waals surface area contributed by atoms with Crippen molar-refractivity contribution in [2.75, 3.05) is 6.54 Å². The molecule has 2 amide bonds. The highest BCUT2D eigenvalue weighted by Crippen LogP contribution is 2.25. The zero-order valence-electron chi connectivity index (χ0n) is 12.2. The van der Waals surface area contributed by atoms with Crippen LogP contribution in [0.15, 0.2) is 17.5 Å². The monoisotopic (exact) mass is 310 g/mol. The fraction of sp³-hybridized carbons (Fsp3) is 0.600. The highest BCUT2D eigenvalue weighted by atomic mass is 32.1. The maximum atomic E-state index is 12.1. The molecule has 1 aromatic rings. The largest absolute Gasteiger partial charge is 0.393 e. The number of aliphatic hydroxyl groups excluding tert-OH is 1. The van der Waals surface area contributed by atoms with E-state index in [9.17, 15) is 14.7 Å². The van der Waals surface area contributed by atoms with Crippen LogP contribution in [0.2, 0.25) is 0 Å². The van der Waals surface area contributed by atoms with E-state index in [-0.39, 0.29) is 36.3 Å². The summed E-state index contributed by atoms with van der Waals surface area (Å²) in [4.78, 5) is 24.3. The predicted molar refractivity (Wildman–Crippen MR) is 81.9 cm³/mol. The van der Waals surface area contributed by atoms with Gasteiger partial charge in [-0.25, -0.2) is 0 Å². The number of amides is 2. The van der Waals surface area contributed by atoms with Crippen LogP contribution in [-0.2, 0) is 9.59 Å². The van der Waals surface area contributed by atoms with Gasteiger partial charge in [0.25, 0.3) is 0 Å². The highest BCUT2D eigenvalue weighted by molar-refractivity contribution is 7.10. The molecule has 1 saturated carbocycles. The second kappa shape index (κ2) is 7.56. The molecule has 0 aromatic carbocycles. The number of hydrogen-bond donors (Lipinski definition) is 3. The van der Waals surface area contributed by atoms with Crippen LogP contribution in [0.25, 0.3) is 0 Å². The molecule has 0 saturated heterocycles. The molecule has 1 aliphatic carbocycles. The molecule has 1 fully saturated rings. The summed E-state index contributed by atoms with van der Waals surface area (Å²) in [6.45, 7) is 1.96. The van der Waals surface area contributed by atoms with Gasteiger partial charge in [-0.15, -0.1) is 11.3 Å². The fourth-order valence-corrected chi connectivity index (χ4v) is 3.49. The third kappa shape index (κ3) is 4.82. The van der Waals surface area contributed by atoms with Gasteiger partial charge in [0.05, 0.1) is 18.6 Å². The van der Waals surface area contributed by atoms with Crippen molar-refractivity contribution in [2.45, 2.75) is 44.8 Å². The first kappa shape index (κ1) is 16.0. The lowest BCUT2D eigenvalue weighted by Gasteiger charge is -2.18. The Kier molecular flexibility index (Phi) is 5.76. The molecule has 0 bridgehead atoms. The first-order valence-electron chi connectivity index (χ1n) is 7.31. The van der Waals surface area contributed by atoms with Gasteiger partial charge in [0.15, 0.2) is 0 Å². The molecule has 3 N–H and O–H groups in total. The van der Waals surface area contributed by atoms with Crippen molar-refractivity contribution in [1.29, 1.82) is 0 Å². The van der Waals surface area contributed by atoms with Crippen LogP contribution < -0.4 is 10.6 Å². The number of carbonyl (C=O) groups excluding carboxylic acids is 2. The summed E-state index contributed by atoms with van der Waals surface area (Å²) in [7, 11) is 0. The Balaban J connectivity index is 1.84. The van der Waals surface area contributed by atoms with Gasteiger partial charge < -0.3 is 15.7 Å². The maximum absolute atomic E-state index is 12.1. The molecule has 6 heteroatoms. The minimum atomic E-state index is -0.297. The quantitative estimate of drug-likeness (QED) is 0.746. The van der Waals surface area contributed by atoms with E-state index >= 15 is 0 Å². The number of carbonyl (C=O) groups is 2. The van der Waals surface area contributed by atoms with Gasteiger partial charge in [-0.1, -0.05) is 12.5 Å². The zero-order valence-corrected chi connectivity index (χ0v) is 13.0. The third-order valence-corrected chi connectivity index (χ3v) is 4.82. The van der Waals surface area contributed by atoms with E-state index in [0.717, 1.165) is 24.1 Å². The number of hydrogen-bond acceptors (Lipinski definition) is 4. The van der Waals surface area contributed by atoms with Crippen molar-refractivity contribution >= 4 is 23.2 Å². The summed E-state index contributed by atoms with van der Waals surface area (Å²) >= 11 is 1.52. The molecule has 3 atom stereocenters. The summed E-state index contributed by atoms with van der Waals surface area (Å²) in [5.41, 5.74) is 0. The Morgan fingerprint density at radius 1 is 1.48 bits per heavy atom. The van der Waals surface area contributed by atoms with Crippen molar-refractivity contribution < 1.29 is 14.7 Å². The second-order valence-corrected chi connectivity index (χ2v) is 6.51. The standard InChI is InChI=1S/C15H22N2O3S/c1-10(18)17-12(14-6-3-7-21-14)8-15(20)16-9-11-4-2-5-13(11)19/h3,6-7,11-13,19H,2,4-5,8-9H2,1H3,(H,16,20)(H,17,18). The Morgan fingerprint density at radius 3 is 2.86 bits per heavy atom. The Labute approximate surface area is 128 Å². The first-order chi connectivity index (χ1) is 10.1. The maximum Gasteiger partial charge on any atom is 0.222 e.